The molecule has 2 heterocycles. The number of para-hydroxylation sites is 1. The molecule has 0 fully saturated rings. The molecule has 2 amide bonds. The molecule has 0 saturated heterocycles. The first-order chi connectivity index (χ1) is 16.1. The highest BCUT2D eigenvalue weighted by molar-refractivity contribution is 6.39. The summed E-state index contributed by atoms with van der Waals surface area (Å²) in [4.78, 5) is 24.9. The highest BCUT2D eigenvalue weighted by Gasteiger charge is 2.15. The number of aryl methyl sites for hydroxylation is 1. The third-order valence-corrected chi connectivity index (χ3v) is 5.69. The number of benzene rings is 3. The summed E-state index contributed by atoms with van der Waals surface area (Å²) in [6, 6.07) is 23.4. The van der Waals surface area contributed by atoms with Gasteiger partial charge in [-0.1, -0.05) is 30.3 Å². The number of fused-ring (bicyclic) bond motifs is 3. The van der Waals surface area contributed by atoms with Gasteiger partial charge in [-0.05, 0) is 55.0 Å². The number of nitrogens with zero attached hydrogens (tertiary/aromatic N) is 3. The average molecular weight is 438 g/mol. The van der Waals surface area contributed by atoms with Gasteiger partial charge in [0.25, 0.3) is 0 Å². The van der Waals surface area contributed by atoms with E-state index >= 15 is 0 Å². The van der Waals surface area contributed by atoms with Crippen molar-refractivity contribution in [3.8, 4) is 5.69 Å². The van der Waals surface area contributed by atoms with Crippen LogP contribution in [0.4, 0.5) is 5.69 Å². The van der Waals surface area contributed by atoms with Crippen molar-refractivity contribution >= 4 is 39.3 Å². The zero-order valence-corrected chi connectivity index (χ0v) is 18.2. The van der Waals surface area contributed by atoms with E-state index in [9.17, 15) is 9.59 Å². The van der Waals surface area contributed by atoms with Gasteiger partial charge in [-0.3, -0.25) is 9.59 Å². The molecular formula is C26H23N5O2. The van der Waals surface area contributed by atoms with Gasteiger partial charge in [0.05, 0.1) is 5.69 Å². The number of nitrogens with one attached hydrogen (secondary N) is 2. The van der Waals surface area contributed by atoms with Gasteiger partial charge in [0.1, 0.15) is 0 Å². The van der Waals surface area contributed by atoms with Gasteiger partial charge in [0, 0.05) is 53.0 Å². The van der Waals surface area contributed by atoms with E-state index in [4.69, 9.17) is 0 Å². The molecule has 0 aliphatic rings. The van der Waals surface area contributed by atoms with Crippen molar-refractivity contribution in [2.75, 3.05) is 5.32 Å². The van der Waals surface area contributed by atoms with Gasteiger partial charge in [-0.2, -0.15) is 5.10 Å². The molecule has 5 rings (SSSR count). The Labute approximate surface area is 190 Å². The molecule has 33 heavy (non-hydrogen) atoms. The normalized spacial score (nSPS) is 11.1. The minimum Gasteiger partial charge on any atom is -0.344 e. The number of aromatic nitrogens is 3. The summed E-state index contributed by atoms with van der Waals surface area (Å²) in [5.41, 5.74) is 4.59. The van der Waals surface area contributed by atoms with Crippen molar-refractivity contribution in [1.82, 2.24) is 19.7 Å². The van der Waals surface area contributed by atoms with E-state index in [2.05, 4.69) is 39.4 Å². The largest absolute Gasteiger partial charge is 0.344 e. The van der Waals surface area contributed by atoms with Crippen LogP contribution in [0.15, 0.2) is 85.2 Å². The maximum absolute atomic E-state index is 12.5. The summed E-state index contributed by atoms with van der Waals surface area (Å²) >= 11 is 0. The zero-order chi connectivity index (χ0) is 22.8. The second-order valence-electron chi connectivity index (χ2n) is 7.75. The molecule has 2 aromatic heterocycles. The molecule has 0 unspecified atom stereocenters. The van der Waals surface area contributed by atoms with Crippen molar-refractivity contribution in [2.24, 2.45) is 0 Å². The Kier molecular flexibility index (Phi) is 5.36. The maximum Gasteiger partial charge on any atom is 0.313 e. The molecule has 0 aliphatic carbocycles. The summed E-state index contributed by atoms with van der Waals surface area (Å²) in [7, 11) is 0. The number of rotatable bonds is 5. The van der Waals surface area contributed by atoms with Crippen LogP contribution in [-0.4, -0.2) is 26.2 Å². The summed E-state index contributed by atoms with van der Waals surface area (Å²) in [5, 5.41) is 11.8. The van der Waals surface area contributed by atoms with Gasteiger partial charge in [-0.15, -0.1) is 0 Å². The molecule has 0 saturated carbocycles. The van der Waals surface area contributed by atoms with Crippen LogP contribution in [0.2, 0.25) is 0 Å². The molecule has 5 aromatic rings. The lowest BCUT2D eigenvalue weighted by Gasteiger charge is -2.09. The number of hydrogen-bond acceptors (Lipinski definition) is 3. The van der Waals surface area contributed by atoms with Crippen molar-refractivity contribution in [2.45, 2.75) is 20.0 Å². The molecule has 0 bridgehead atoms. The van der Waals surface area contributed by atoms with Gasteiger partial charge in [-0.25, -0.2) is 4.68 Å². The smallest absolute Gasteiger partial charge is 0.313 e. The van der Waals surface area contributed by atoms with Crippen molar-refractivity contribution in [3.05, 3.63) is 90.8 Å². The topological polar surface area (TPSA) is 81.0 Å². The van der Waals surface area contributed by atoms with E-state index in [0.29, 0.717) is 5.69 Å². The molecule has 3 aromatic carbocycles. The van der Waals surface area contributed by atoms with Crippen LogP contribution >= 0.6 is 0 Å². The minimum absolute atomic E-state index is 0.240. The molecule has 0 spiro atoms. The Bertz CT molecular complexity index is 1470. The number of hydrogen-bond donors (Lipinski definition) is 2. The molecule has 0 aliphatic heterocycles. The predicted octanol–water partition coefficient (Wildman–Crippen LogP) is 4.26. The van der Waals surface area contributed by atoms with E-state index in [1.54, 1.807) is 10.9 Å². The van der Waals surface area contributed by atoms with E-state index in [1.165, 1.54) is 0 Å². The zero-order valence-electron chi connectivity index (χ0n) is 18.2. The van der Waals surface area contributed by atoms with Crippen LogP contribution in [0.5, 0.6) is 0 Å². The summed E-state index contributed by atoms with van der Waals surface area (Å²) in [6.45, 7) is 3.20. The van der Waals surface area contributed by atoms with Crippen molar-refractivity contribution in [1.29, 1.82) is 0 Å². The minimum atomic E-state index is -0.697. The second-order valence-corrected chi connectivity index (χ2v) is 7.75. The predicted molar refractivity (Wildman–Crippen MR) is 129 cm³/mol. The fourth-order valence-corrected chi connectivity index (χ4v) is 4.15. The van der Waals surface area contributed by atoms with E-state index in [1.807, 2.05) is 66.9 Å². The van der Waals surface area contributed by atoms with Crippen molar-refractivity contribution in [3.63, 3.8) is 0 Å². The number of carbonyl (C=O) groups excluding carboxylic acids is 2. The van der Waals surface area contributed by atoms with Crippen LogP contribution in [-0.2, 0) is 22.7 Å². The summed E-state index contributed by atoms with van der Waals surface area (Å²) < 4.78 is 3.98. The standard InChI is InChI=1S/C26H23N5O2/c1-2-30-23-10-4-3-9-21(23)22-16-19(11-12-24(22)30)29-26(33)25(32)27-17-18-7-5-8-20(15-18)31-14-6-13-28-31/h3-16H,2,17H2,1H3,(H,27,32)(H,29,33). The van der Waals surface area contributed by atoms with E-state index < -0.39 is 11.8 Å². The van der Waals surface area contributed by atoms with Crippen LogP contribution in [0.1, 0.15) is 12.5 Å². The summed E-state index contributed by atoms with van der Waals surface area (Å²) in [5.74, 6) is -1.38. The van der Waals surface area contributed by atoms with Gasteiger partial charge in [0.15, 0.2) is 0 Å². The van der Waals surface area contributed by atoms with Crippen LogP contribution in [0.3, 0.4) is 0 Å². The molecular weight excluding hydrogens is 414 g/mol. The lowest BCUT2D eigenvalue weighted by atomic mass is 10.1. The molecule has 0 atom stereocenters. The number of carbonyl (C=O) groups is 2. The van der Waals surface area contributed by atoms with Gasteiger partial charge in [0.2, 0.25) is 0 Å². The Hall–Kier alpha value is -4.39. The van der Waals surface area contributed by atoms with Crippen LogP contribution in [0.25, 0.3) is 27.5 Å². The number of anilines is 1. The first kappa shape index (κ1) is 20.5. The maximum atomic E-state index is 12.5. The monoisotopic (exact) mass is 437 g/mol. The summed E-state index contributed by atoms with van der Waals surface area (Å²) in [6.07, 6.45) is 3.55. The highest BCUT2D eigenvalue weighted by Crippen LogP contribution is 2.30. The van der Waals surface area contributed by atoms with Crippen LogP contribution in [0, 0.1) is 0 Å². The lowest BCUT2D eigenvalue weighted by molar-refractivity contribution is -0.136. The Morgan fingerprint density at radius 2 is 1.73 bits per heavy atom. The van der Waals surface area contributed by atoms with Gasteiger partial charge < -0.3 is 15.2 Å². The fourth-order valence-electron chi connectivity index (χ4n) is 4.15. The first-order valence-corrected chi connectivity index (χ1v) is 10.8. The molecule has 7 heteroatoms. The molecule has 0 radical (unpaired) electrons. The first-order valence-electron chi connectivity index (χ1n) is 10.8. The van der Waals surface area contributed by atoms with Crippen LogP contribution < -0.4 is 10.6 Å². The van der Waals surface area contributed by atoms with Gasteiger partial charge >= 0.3 is 11.8 Å². The lowest BCUT2D eigenvalue weighted by Crippen LogP contribution is -2.34. The highest BCUT2D eigenvalue weighted by atomic mass is 16.2. The Morgan fingerprint density at radius 3 is 2.55 bits per heavy atom. The third kappa shape index (κ3) is 3.96. The molecule has 7 nitrogen and oxygen atoms in total. The second kappa shape index (κ2) is 8.63. The SMILES string of the molecule is CCn1c2ccccc2c2cc(NC(=O)C(=O)NCc3cccc(-n4cccn4)c3)ccc21. The third-order valence-electron chi connectivity index (χ3n) is 5.69. The van der Waals surface area contributed by atoms with E-state index in [0.717, 1.165) is 39.6 Å². The fraction of sp³-hybridized carbons (Fsp3) is 0.115. The quantitative estimate of drug-likeness (QED) is 0.403. The molecule has 2 N–H and O–H groups in total. The van der Waals surface area contributed by atoms with E-state index in [-0.39, 0.29) is 6.54 Å². The molecule has 164 valence electrons. The number of amides is 2. The Morgan fingerprint density at radius 1 is 0.879 bits per heavy atom. The Balaban J connectivity index is 1.29. The average Bonchev–Trinajstić information content (AvgIpc) is 3.49. The van der Waals surface area contributed by atoms with Crippen molar-refractivity contribution < 1.29 is 9.59 Å².